The Bertz CT molecular complexity index is 608. The first-order valence-corrected chi connectivity index (χ1v) is 7.59. The Balaban J connectivity index is 1.94. The van der Waals surface area contributed by atoms with Gasteiger partial charge in [0.2, 0.25) is 5.91 Å². The quantitative estimate of drug-likeness (QED) is 0.658. The molecule has 0 bridgehead atoms. The molecule has 0 aliphatic rings. The average Bonchev–Trinajstić information content (AvgIpc) is 2.52. The van der Waals surface area contributed by atoms with E-state index >= 15 is 0 Å². The van der Waals surface area contributed by atoms with Crippen LogP contribution in [0, 0.1) is 6.92 Å². The molecular weight excluding hydrogens is 282 g/mol. The van der Waals surface area contributed by atoms with Crippen molar-refractivity contribution in [1.29, 1.82) is 0 Å². The molecule has 0 saturated carbocycles. The largest absolute Gasteiger partial charge is 0.352 e. The summed E-state index contributed by atoms with van der Waals surface area (Å²) in [6, 6.07) is 11.9. The molecule has 1 N–H and O–H groups in total. The summed E-state index contributed by atoms with van der Waals surface area (Å²) in [5.74, 6) is 0.288. The van der Waals surface area contributed by atoms with Gasteiger partial charge in [0.1, 0.15) is 5.03 Å². The molecule has 1 amide bonds. The molecule has 0 unspecified atom stereocenters. The van der Waals surface area contributed by atoms with Crippen molar-refractivity contribution >= 4 is 17.7 Å². The zero-order chi connectivity index (χ0) is 15.1. The van der Waals surface area contributed by atoms with Crippen molar-refractivity contribution in [3.8, 4) is 11.3 Å². The Morgan fingerprint density at radius 2 is 2.00 bits per heavy atom. The maximum absolute atomic E-state index is 11.5. The van der Waals surface area contributed by atoms with Crippen molar-refractivity contribution in [3.05, 3.63) is 54.6 Å². The van der Waals surface area contributed by atoms with Crippen LogP contribution in [0.3, 0.4) is 0 Å². The SMILES string of the molecule is C=CCNC(=O)CSc1ccc(-c2ccc(C)cc2)nn1. The van der Waals surface area contributed by atoms with Gasteiger partial charge >= 0.3 is 0 Å². The van der Waals surface area contributed by atoms with Gasteiger partial charge in [0.05, 0.1) is 11.4 Å². The molecule has 0 fully saturated rings. The van der Waals surface area contributed by atoms with Gasteiger partial charge in [-0.05, 0) is 19.1 Å². The average molecular weight is 299 g/mol. The molecule has 1 aromatic heterocycles. The van der Waals surface area contributed by atoms with Crippen LogP contribution in [0.5, 0.6) is 0 Å². The van der Waals surface area contributed by atoms with Gasteiger partial charge in [-0.2, -0.15) is 0 Å². The van der Waals surface area contributed by atoms with Crippen molar-refractivity contribution in [3.63, 3.8) is 0 Å². The number of thioether (sulfide) groups is 1. The van der Waals surface area contributed by atoms with Crippen LogP contribution >= 0.6 is 11.8 Å². The second kappa shape index (κ2) is 7.59. The van der Waals surface area contributed by atoms with Crippen molar-refractivity contribution in [2.24, 2.45) is 0 Å². The maximum atomic E-state index is 11.5. The topological polar surface area (TPSA) is 54.9 Å². The first-order valence-electron chi connectivity index (χ1n) is 6.60. The minimum Gasteiger partial charge on any atom is -0.352 e. The number of benzene rings is 1. The number of hydrogen-bond acceptors (Lipinski definition) is 4. The van der Waals surface area contributed by atoms with E-state index in [9.17, 15) is 4.79 Å². The second-order valence-corrected chi connectivity index (χ2v) is 5.50. The Hall–Kier alpha value is -2.14. The Labute approximate surface area is 128 Å². The van der Waals surface area contributed by atoms with Crippen LogP contribution in [0.15, 0.2) is 54.1 Å². The number of carbonyl (C=O) groups excluding carboxylic acids is 1. The molecule has 0 spiro atoms. The predicted octanol–water partition coefficient (Wildman–Crippen LogP) is 2.85. The number of carbonyl (C=O) groups is 1. The lowest BCUT2D eigenvalue weighted by molar-refractivity contribution is -0.118. The minimum absolute atomic E-state index is 0.0377. The standard InChI is InChI=1S/C16H17N3OS/c1-3-10-17-15(20)11-21-16-9-8-14(18-19-16)13-6-4-12(2)5-7-13/h3-9H,1,10-11H2,2H3,(H,17,20). The van der Waals surface area contributed by atoms with E-state index in [2.05, 4.69) is 22.1 Å². The van der Waals surface area contributed by atoms with E-state index < -0.39 is 0 Å². The third-order valence-electron chi connectivity index (χ3n) is 2.78. The normalized spacial score (nSPS) is 10.1. The van der Waals surface area contributed by atoms with Crippen molar-refractivity contribution in [1.82, 2.24) is 15.5 Å². The predicted molar refractivity (Wildman–Crippen MR) is 86.1 cm³/mol. The number of nitrogens with one attached hydrogen (secondary N) is 1. The van der Waals surface area contributed by atoms with Gasteiger partial charge in [-0.3, -0.25) is 4.79 Å². The highest BCUT2D eigenvalue weighted by Gasteiger charge is 2.04. The molecule has 0 aliphatic carbocycles. The number of nitrogens with zero attached hydrogens (tertiary/aromatic N) is 2. The fraction of sp³-hybridized carbons (Fsp3) is 0.188. The van der Waals surface area contributed by atoms with Gasteiger partial charge in [0.15, 0.2) is 0 Å². The molecule has 2 rings (SSSR count). The zero-order valence-electron chi connectivity index (χ0n) is 11.9. The van der Waals surface area contributed by atoms with Gasteiger partial charge in [-0.25, -0.2) is 0 Å². The Morgan fingerprint density at radius 3 is 2.62 bits per heavy atom. The summed E-state index contributed by atoms with van der Waals surface area (Å²) in [6.45, 7) is 6.08. The number of amides is 1. The van der Waals surface area contributed by atoms with Crippen molar-refractivity contribution in [2.75, 3.05) is 12.3 Å². The second-order valence-electron chi connectivity index (χ2n) is 4.50. The van der Waals surface area contributed by atoms with Gasteiger partial charge in [-0.15, -0.1) is 16.8 Å². The van der Waals surface area contributed by atoms with Gasteiger partial charge < -0.3 is 5.32 Å². The highest BCUT2D eigenvalue weighted by atomic mass is 32.2. The lowest BCUT2D eigenvalue weighted by Gasteiger charge is -2.03. The fourth-order valence-electron chi connectivity index (χ4n) is 1.65. The summed E-state index contributed by atoms with van der Waals surface area (Å²) in [6.07, 6.45) is 1.65. The van der Waals surface area contributed by atoms with Crippen LogP contribution in [0.2, 0.25) is 0 Å². The van der Waals surface area contributed by atoms with Crippen molar-refractivity contribution in [2.45, 2.75) is 11.9 Å². The lowest BCUT2D eigenvalue weighted by Crippen LogP contribution is -2.24. The van der Waals surface area contributed by atoms with Crippen LogP contribution in [-0.4, -0.2) is 28.4 Å². The van der Waals surface area contributed by atoms with Gasteiger partial charge in [0, 0.05) is 12.1 Å². The van der Waals surface area contributed by atoms with E-state index in [4.69, 9.17) is 0 Å². The zero-order valence-corrected chi connectivity index (χ0v) is 12.7. The van der Waals surface area contributed by atoms with E-state index in [1.54, 1.807) is 6.08 Å². The monoisotopic (exact) mass is 299 g/mol. The third kappa shape index (κ3) is 4.72. The molecule has 0 aliphatic heterocycles. The van der Waals surface area contributed by atoms with E-state index in [0.717, 1.165) is 16.3 Å². The molecule has 5 heteroatoms. The molecule has 1 aromatic carbocycles. The minimum atomic E-state index is -0.0377. The van der Waals surface area contributed by atoms with Crippen LogP contribution in [0.1, 0.15) is 5.56 Å². The summed E-state index contributed by atoms with van der Waals surface area (Å²) >= 11 is 1.37. The number of rotatable bonds is 6. The van der Waals surface area contributed by atoms with Crippen LogP contribution in [0.4, 0.5) is 0 Å². The molecule has 2 aromatic rings. The van der Waals surface area contributed by atoms with E-state index in [1.807, 2.05) is 43.3 Å². The van der Waals surface area contributed by atoms with Crippen molar-refractivity contribution < 1.29 is 4.79 Å². The number of aromatic nitrogens is 2. The maximum Gasteiger partial charge on any atom is 0.230 e. The molecule has 108 valence electrons. The van der Waals surface area contributed by atoms with Gasteiger partial charge in [-0.1, -0.05) is 47.7 Å². The van der Waals surface area contributed by atoms with E-state index in [0.29, 0.717) is 12.3 Å². The smallest absolute Gasteiger partial charge is 0.230 e. The fourth-order valence-corrected chi connectivity index (χ4v) is 2.30. The van der Waals surface area contributed by atoms with Crippen LogP contribution < -0.4 is 5.32 Å². The summed E-state index contributed by atoms with van der Waals surface area (Å²) in [5, 5.41) is 11.8. The molecular formula is C16H17N3OS. The summed E-state index contributed by atoms with van der Waals surface area (Å²) in [5.41, 5.74) is 3.08. The Kier molecular flexibility index (Phi) is 5.51. The highest BCUT2D eigenvalue weighted by Crippen LogP contribution is 2.19. The highest BCUT2D eigenvalue weighted by molar-refractivity contribution is 7.99. The molecule has 0 saturated heterocycles. The van der Waals surface area contributed by atoms with Crippen LogP contribution in [0.25, 0.3) is 11.3 Å². The number of aryl methyl sites for hydroxylation is 1. The lowest BCUT2D eigenvalue weighted by atomic mass is 10.1. The molecule has 0 atom stereocenters. The molecule has 1 heterocycles. The third-order valence-corrected chi connectivity index (χ3v) is 3.70. The summed E-state index contributed by atoms with van der Waals surface area (Å²) in [4.78, 5) is 11.5. The summed E-state index contributed by atoms with van der Waals surface area (Å²) in [7, 11) is 0. The van der Waals surface area contributed by atoms with E-state index in [1.165, 1.54) is 17.3 Å². The number of hydrogen-bond donors (Lipinski definition) is 1. The summed E-state index contributed by atoms with van der Waals surface area (Å²) < 4.78 is 0. The molecule has 4 nitrogen and oxygen atoms in total. The first kappa shape index (κ1) is 15.3. The van der Waals surface area contributed by atoms with Crippen LogP contribution in [-0.2, 0) is 4.79 Å². The first-order chi connectivity index (χ1) is 10.2. The van der Waals surface area contributed by atoms with Gasteiger partial charge in [0.25, 0.3) is 0 Å². The molecule has 21 heavy (non-hydrogen) atoms. The Morgan fingerprint density at radius 1 is 1.24 bits per heavy atom. The van der Waals surface area contributed by atoms with E-state index in [-0.39, 0.29) is 5.91 Å². The molecule has 0 radical (unpaired) electrons.